The minimum atomic E-state index is -1.35. The summed E-state index contributed by atoms with van der Waals surface area (Å²) < 4.78 is 11.9. The van der Waals surface area contributed by atoms with Crippen molar-refractivity contribution in [1.82, 2.24) is 10.3 Å². The number of carboxylic acid groups (broad SMARTS) is 1. The number of carboxylic acids is 1. The van der Waals surface area contributed by atoms with E-state index < -0.39 is 11.6 Å². The second kappa shape index (κ2) is 10.0. The van der Waals surface area contributed by atoms with Crippen molar-refractivity contribution in [2.45, 2.75) is 72.2 Å². The summed E-state index contributed by atoms with van der Waals surface area (Å²) >= 11 is 0. The molecule has 0 bridgehead atoms. The summed E-state index contributed by atoms with van der Waals surface area (Å²) in [5.74, 6) is 0.743. The van der Waals surface area contributed by atoms with Crippen molar-refractivity contribution >= 4 is 12.0 Å². The molecule has 0 saturated heterocycles. The highest BCUT2D eigenvalue weighted by molar-refractivity contribution is 5.77. The molecule has 196 valence electrons. The Hall–Kier alpha value is -3.65. The number of oxazole rings is 1. The van der Waals surface area contributed by atoms with E-state index >= 15 is 0 Å². The average Bonchev–Trinajstić information content (AvgIpc) is 3.57. The Kier molecular flexibility index (Phi) is 7.15. The first-order chi connectivity index (χ1) is 17.4. The Morgan fingerprint density at radius 3 is 2.30 bits per heavy atom. The van der Waals surface area contributed by atoms with Gasteiger partial charge in [-0.1, -0.05) is 18.2 Å². The van der Waals surface area contributed by atoms with Crippen LogP contribution < -0.4 is 10.1 Å². The maximum absolute atomic E-state index is 13.5. The van der Waals surface area contributed by atoms with Crippen LogP contribution in [0.5, 0.6) is 5.75 Å². The molecule has 0 spiro atoms. The highest BCUT2D eigenvalue weighted by Gasteiger charge is 2.38. The zero-order valence-electron chi connectivity index (χ0n) is 22.4. The van der Waals surface area contributed by atoms with Gasteiger partial charge in [0.25, 0.3) is 0 Å². The fourth-order valence-corrected chi connectivity index (χ4v) is 4.36. The Morgan fingerprint density at radius 2 is 1.73 bits per heavy atom. The fraction of sp³-hybridized carbons (Fsp3) is 0.414. The Balaban J connectivity index is 1.63. The van der Waals surface area contributed by atoms with Crippen LogP contribution in [0.25, 0.3) is 11.5 Å². The number of urea groups is 1. The van der Waals surface area contributed by atoms with Crippen molar-refractivity contribution in [3.05, 3.63) is 70.6 Å². The summed E-state index contributed by atoms with van der Waals surface area (Å²) in [6.45, 7) is 9.52. The van der Waals surface area contributed by atoms with Crippen molar-refractivity contribution in [3.8, 4) is 17.2 Å². The molecule has 1 aliphatic carbocycles. The molecule has 8 nitrogen and oxygen atoms in total. The van der Waals surface area contributed by atoms with E-state index in [0.29, 0.717) is 30.5 Å². The zero-order valence-corrected chi connectivity index (χ0v) is 22.4. The van der Waals surface area contributed by atoms with Gasteiger partial charge in [-0.25, -0.2) is 19.1 Å². The third-order valence-electron chi connectivity index (χ3n) is 6.73. The van der Waals surface area contributed by atoms with Gasteiger partial charge in [0.1, 0.15) is 30.3 Å². The molecule has 1 aromatic heterocycles. The fourth-order valence-electron chi connectivity index (χ4n) is 4.36. The second-order valence-corrected chi connectivity index (χ2v) is 10.8. The smallest absolute Gasteiger partial charge is 0.417 e. The molecular formula is C29H36N3O5+. The van der Waals surface area contributed by atoms with E-state index in [0.717, 1.165) is 40.8 Å². The molecule has 0 radical (unpaired) electrons. The molecule has 1 unspecified atom stereocenters. The summed E-state index contributed by atoms with van der Waals surface area (Å²) in [5, 5.41) is 12.6. The SMILES string of the molecule is Cc1cc(C[N+](C)(Cc2nc(-c3ccccc3)oc2C)C(=O)NC2CC2)cc(C)c1OC(C)(C)C(=O)O. The number of aryl methyl sites for hydroxylation is 3. The predicted octanol–water partition coefficient (Wildman–Crippen LogP) is 5.53. The molecule has 1 atom stereocenters. The van der Waals surface area contributed by atoms with Crippen LogP contribution >= 0.6 is 0 Å². The Morgan fingerprint density at radius 1 is 1.11 bits per heavy atom. The topological polar surface area (TPSA) is 102 Å². The van der Waals surface area contributed by atoms with Crippen molar-refractivity contribution in [2.75, 3.05) is 7.05 Å². The van der Waals surface area contributed by atoms with Crippen LogP contribution in [-0.2, 0) is 17.9 Å². The van der Waals surface area contributed by atoms with Crippen molar-refractivity contribution in [3.63, 3.8) is 0 Å². The summed E-state index contributed by atoms with van der Waals surface area (Å²) in [7, 11) is 1.91. The second-order valence-electron chi connectivity index (χ2n) is 10.8. The number of quaternary nitrogens is 1. The lowest BCUT2D eigenvalue weighted by molar-refractivity contribution is -0.858. The number of benzene rings is 2. The van der Waals surface area contributed by atoms with Gasteiger partial charge < -0.3 is 19.6 Å². The number of aromatic nitrogens is 1. The van der Waals surface area contributed by atoms with Crippen LogP contribution in [0.3, 0.4) is 0 Å². The highest BCUT2D eigenvalue weighted by atomic mass is 16.5. The predicted molar refractivity (Wildman–Crippen MR) is 140 cm³/mol. The van der Waals surface area contributed by atoms with E-state index in [4.69, 9.17) is 14.1 Å². The first kappa shape index (κ1) is 26.4. The summed E-state index contributed by atoms with van der Waals surface area (Å²) in [5.41, 5.74) is 2.87. The molecule has 4 rings (SSSR count). The Bertz CT molecular complexity index is 1290. The quantitative estimate of drug-likeness (QED) is 0.370. The maximum Gasteiger partial charge on any atom is 0.417 e. The normalized spacial score (nSPS) is 15.2. The summed E-state index contributed by atoms with van der Waals surface area (Å²) in [4.78, 5) is 29.9. The van der Waals surface area contributed by atoms with Crippen LogP contribution in [0.15, 0.2) is 46.9 Å². The van der Waals surface area contributed by atoms with Crippen LogP contribution in [0.4, 0.5) is 4.79 Å². The molecule has 1 aliphatic rings. The molecule has 1 fully saturated rings. The van der Waals surface area contributed by atoms with Gasteiger partial charge in [0.15, 0.2) is 5.60 Å². The van der Waals surface area contributed by atoms with Gasteiger partial charge >= 0.3 is 12.0 Å². The van der Waals surface area contributed by atoms with Crippen molar-refractivity contribution in [1.29, 1.82) is 0 Å². The molecule has 1 saturated carbocycles. The summed E-state index contributed by atoms with van der Waals surface area (Å²) in [6, 6.07) is 13.8. The first-order valence-corrected chi connectivity index (χ1v) is 12.6. The van der Waals surface area contributed by atoms with E-state index in [1.54, 1.807) is 0 Å². The number of aliphatic carboxylic acids is 1. The van der Waals surface area contributed by atoms with Crippen LogP contribution in [0.2, 0.25) is 0 Å². The van der Waals surface area contributed by atoms with Gasteiger partial charge in [0.05, 0.1) is 7.05 Å². The van der Waals surface area contributed by atoms with Crippen molar-refractivity contribution < 1.29 is 28.3 Å². The number of nitrogens with zero attached hydrogens (tertiary/aromatic N) is 2. The summed E-state index contributed by atoms with van der Waals surface area (Å²) in [6.07, 6.45) is 1.99. The standard InChI is InChI=1S/C29H35N3O5/c1-18-14-21(15-19(2)25(18)37-29(4,5)27(33)34)16-32(6,28(35)30-23-12-13-23)17-24-20(3)36-26(31-24)22-10-8-7-9-11-22/h7-11,14-15,23H,12-13,16-17H2,1-6H3,(H-,30,33,34,35)/p+1. The lowest BCUT2D eigenvalue weighted by Gasteiger charge is -2.31. The molecule has 3 aromatic rings. The molecule has 2 N–H and O–H groups in total. The van der Waals surface area contributed by atoms with E-state index in [2.05, 4.69) is 5.32 Å². The van der Waals surface area contributed by atoms with Crippen LogP contribution in [-0.4, -0.2) is 45.3 Å². The van der Waals surface area contributed by atoms with E-state index in [1.807, 2.05) is 70.3 Å². The maximum atomic E-state index is 13.5. The monoisotopic (exact) mass is 506 g/mol. The third-order valence-corrected chi connectivity index (χ3v) is 6.73. The van der Waals surface area contributed by atoms with Crippen LogP contribution in [0, 0.1) is 20.8 Å². The molecule has 8 heteroatoms. The molecule has 0 aliphatic heterocycles. The molecule has 37 heavy (non-hydrogen) atoms. The van der Waals surface area contributed by atoms with E-state index in [-0.39, 0.29) is 16.6 Å². The number of carbonyl (C=O) groups excluding carboxylic acids is 1. The zero-order chi connectivity index (χ0) is 27.0. The number of hydrogen-bond acceptors (Lipinski definition) is 5. The number of ether oxygens (including phenoxy) is 1. The molecule has 2 aromatic carbocycles. The van der Waals surface area contributed by atoms with E-state index in [1.165, 1.54) is 13.8 Å². The number of amides is 2. The Labute approximate surface area is 217 Å². The highest BCUT2D eigenvalue weighted by Crippen LogP contribution is 2.31. The van der Waals surface area contributed by atoms with E-state index in [9.17, 15) is 14.7 Å². The minimum Gasteiger partial charge on any atom is -0.478 e. The lowest BCUT2D eigenvalue weighted by atomic mass is 10.0. The minimum absolute atomic E-state index is 0.0613. The number of hydrogen-bond donors (Lipinski definition) is 2. The van der Waals surface area contributed by atoms with Gasteiger partial charge in [0, 0.05) is 17.2 Å². The number of nitrogens with one attached hydrogen (secondary N) is 1. The number of rotatable bonds is 9. The largest absolute Gasteiger partial charge is 0.478 e. The first-order valence-electron chi connectivity index (χ1n) is 12.6. The third kappa shape index (κ3) is 6.02. The van der Waals surface area contributed by atoms with Gasteiger partial charge in [-0.05, 0) is 82.9 Å². The lowest BCUT2D eigenvalue weighted by Crippen LogP contribution is -2.53. The van der Waals surface area contributed by atoms with Gasteiger partial charge in [-0.2, -0.15) is 0 Å². The van der Waals surface area contributed by atoms with Gasteiger partial charge in [0.2, 0.25) is 5.89 Å². The van der Waals surface area contributed by atoms with Gasteiger partial charge in [-0.3, -0.25) is 0 Å². The van der Waals surface area contributed by atoms with Gasteiger partial charge in [-0.15, -0.1) is 0 Å². The van der Waals surface area contributed by atoms with Crippen molar-refractivity contribution in [2.24, 2.45) is 0 Å². The molecule has 1 heterocycles. The number of carbonyl (C=O) groups is 2. The average molecular weight is 507 g/mol. The molecule has 2 amide bonds. The molecular weight excluding hydrogens is 470 g/mol. The van der Waals surface area contributed by atoms with Crippen LogP contribution in [0.1, 0.15) is 54.8 Å².